The standard InChI is InChI=1S/C15H14ClNO2/c1-3-19-15(18)13(10-17)8-9-14(16)12-6-4-11(2)5-7-12/h4-9H,3H2,1-2H3/b13-8-,14-9-. The summed E-state index contributed by atoms with van der Waals surface area (Å²) in [4.78, 5) is 11.4. The molecule has 4 heteroatoms. The van der Waals surface area contributed by atoms with Gasteiger partial charge in [0.2, 0.25) is 0 Å². The smallest absolute Gasteiger partial charge is 0.348 e. The van der Waals surface area contributed by atoms with Crippen LogP contribution < -0.4 is 0 Å². The molecule has 3 nitrogen and oxygen atoms in total. The van der Waals surface area contributed by atoms with Gasteiger partial charge in [0.15, 0.2) is 0 Å². The third kappa shape index (κ3) is 4.61. The van der Waals surface area contributed by atoms with Crippen LogP contribution >= 0.6 is 11.6 Å². The van der Waals surface area contributed by atoms with Crippen molar-refractivity contribution in [3.8, 4) is 6.07 Å². The van der Waals surface area contributed by atoms with Gasteiger partial charge < -0.3 is 4.74 Å². The minimum Gasteiger partial charge on any atom is -0.462 e. The zero-order chi connectivity index (χ0) is 14.3. The van der Waals surface area contributed by atoms with Crippen molar-refractivity contribution in [1.29, 1.82) is 5.26 Å². The largest absolute Gasteiger partial charge is 0.462 e. The van der Waals surface area contributed by atoms with Gasteiger partial charge in [-0.3, -0.25) is 0 Å². The molecule has 0 aliphatic rings. The van der Waals surface area contributed by atoms with E-state index in [1.807, 2.05) is 31.2 Å². The lowest BCUT2D eigenvalue weighted by atomic mass is 10.1. The summed E-state index contributed by atoms with van der Waals surface area (Å²) in [6.07, 6.45) is 2.88. The average Bonchev–Trinajstić information content (AvgIpc) is 2.40. The summed E-state index contributed by atoms with van der Waals surface area (Å²) in [6.45, 7) is 3.89. The molecule has 0 aliphatic heterocycles. The van der Waals surface area contributed by atoms with E-state index in [1.165, 1.54) is 12.2 Å². The highest BCUT2D eigenvalue weighted by Gasteiger charge is 2.08. The summed E-state index contributed by atoms with van der Waals surface area (Å²) in [5, 5.41) is 9.31. The Morgan fingerprint density at radius 3 is 2.53 bits per heavy atom. The number of halogens is 1. The van der Waals surface area contributed by atoms with Crippen LogP contribution in [0.5, 0.6) is 0 Å². The normalized spacial score (nSPS) is 11.9. The van der Waals surface area contributed by atoms with E-state index in [4.69, 9.17) is 21.6 Å². The number of aryl methyl sites for hydroxylation is 1. The number of benzene rings is 1. The molecule has 0 heterocycles. The fourth-order valence-corrected chi connectivity index (χ4v) is 1.51. The van der Waals surface area contributed by atoms with E-state index >= 15 is 0 Å². The van der Waals surface area contributed by atoms with Gasteiger partial charge in [-0.2, -0.15) is 5.26 Å². The zero-order valence-corrected chi connectivity index (χ0v) is 11.6. The fraction of sp³-hybridized carbons (Fsp3) is 0.200. The van der Waals surface area contributed by atoms with Crippen molar-refractivity contribution >= 4 is 22.6 Å². The molecule has 0 saturated heterocycles. The summed E-state index contributed by atoms with van der Waals surface area (Å²) in [5.74, 6) is -0.644. The topological polar surface area (TPSA) is 50.1 Å². The number of hydrogen-bond acceptors (Lipinski definition) is 3. The Labute approximate surface area is 117 Å². The zero-order valence-electron chi connectivity index (χ0n) is 10.8. The maximum absolute atomic E-state index is 11.4. The number of nitriles is 1. The first-order valence-corrected chi connectivity index (χ1v) is 6.18. The Hall–Kier alpha value is -2.05. The first-order chi connectivity index (χ1) is 9.08. The number of allylic oxidation sites excluding steroid dienone is 2. The van der Waals surface area contributed by atoms with Crippen molar-refractivity contribution in [1.82, 2.24) is 0 Å². The van der Waals surface area contributed by atoms with Crippen molar-refractivity contribution in [2.75, 3.05) is 6.61 Å². The van der Waals surface area contributed by atoms with Crippen LogP contribution in [0.25, 0.3) is 5.03 Å². The number of nitrogens with zero attached hydrogens (tertiary/aromatic N) is 1. The van der Waals surface area contributed by atoms with E-state index in [0.717, 1.165) is 11.1 Å². The average molecular weight is 276 g/mol. The first-order valence-electron chi connectivity index (χ1n) is 5.80. The van der Waals surface area contributed by atoms with Crippen LogP contribution in [0.3, 0.4) is 0 Å². The van der Waals surface area contributed by atoms with Crippen LogP contribution in [-0.2, 0) is 9.53 Å². The fourth-order valence-electron chi connectivity index (χ4n) is 1.33. The molecule has 1 aromatic rings. The molecule has 0 spiro atoms. The Morgan fingerprint density at radius 1 is 1.37 bits per heavy atom. The second-order valence-electron chi connectivity index (χ2n) is 3.79. The van der Waals surface area contributed by atoms with Crippen LogP contribution in [0.15, 0.2) is 42.0 Å². The highest BCUT2D eigenvalue weighted by Crippen LogP contribution is 2.19. The predicted octanol–water partition coefficient (Wildman–Crippen LogP) is 3.59. The van der Waals surface area contributed by atoms with Crippen molar-refractivity contribution in [2.24, 2.45) is 0 Å². The lowest BCUT2D eigenvalue weighted by molar-refractivity contribution is -0.138. The maximum atomic E-state index is 11.4. The molecule has 0 fully saturated rings. The van der Waals surface area contributed by atoms with E-state index in [1.54, 1.807) is 13.0 Å². The summed E-state index contributed by atoms with van der Waals surface area (Å²) >= 11 is 6.10. The third-order valence-electron chi connectivity index (χ3n) is 2.34. The number of esters is 1. The lowest BCUT2D eigenvalue weighted by Crippen LogP contribution is -2.05. The van der Waals surface area contributed by atoms with Gasteiger partial charge in [0, 0.05) is 5.03 Å². The van der Waals surface area contributed by atoms with E-state index in [2.05, 4.69) is 0 Å². The molecule has 0 radical (unpaired) electrons. The Morgan fingerprint density at radius 2 is 2.00 bits per heavy atom. The second-order valence-corrected chi connectivity index (χ2v) is 4.20. The minimum absolute atomic E-state index is 0.0767. The number of ether oxygens (including phenoxy) is 1. The van der Waals surface area contributed by atoms with Gasteiger partial charge in [0.1, 0.15) is 11.6 Å². The molecule has 98 valence electrons. The number of carbonyl (C=O) groups is 1. The monoisotopic (exact) mass is 275 g/mol. The van der Waals surface area contributed by atoms with Gasteiger partial charge >= 0.3 is 5.97 Å². The third-order valence-corrected chi connectivity index (χ3v) is 2.68. The van der Waals surface area contributed by atoms with Crippen molar-refractivity contribution in [2.45, 2.75) is 13.8 Å². The van der Waals surface area contributed by atoms with Crippen LogP contribution in [0.2, 0.25) is 0 Å². The van der Waals surface area contributed by atoms with Crippen molar-refractivity contribution in [3.05, 3.63) is 53.1 Å². The number of rotatable bonds is 4. The number of carbonyl (C=O) groups excluding carboxylic acids is 1. The van der Waals surface area contributed by atoms with E-state index in [9.17, 15) is 4.79 Å². The molecule has 19 heavy (non-hydrogen) atoms. The lowest BCUT2D eigenvalue weighted by Gasteiger charge is -2.00. The molecular formula is C15H14ClNO2. The molecule has 0 atom stereocenters. The predicted molar refractivity (Wildman–Crippen MR) is 75.3 cm³/mol. The molecule has 0 amide bonds. The Bertz CT molecular complexity index is 551. The van der Waals surface area contributed by atoms with Gasteiger partial charge in [0.25, 0.3) is 0 Å². The van der Waals surface area contributed by atoms with Gasteiger partial charge in [-0.25, -0.2) is 4.79 Å². The molecule has 0 N–H and O–H groups in total. The Balaban J connectivity index is 2.92. The van der Waals surface area contributed by atoms with E-state index in [-0.39, 0.29) is 12.2 Å². The summed E-state index contributed by atoms with van der Waals surface area (Å²) in [6, 6.07) is 9.41. The van der Waals surface area contributed by atoms with Crippen molar-refractivity contribution in [3.63, 3.8) is 0 Å². The quantitative estimate of drug-likeness (QED) is 0.365. The SMILES string of the molecule is CCOC(=O)/C(C#N)=C\C=C(/Cl)c1ccc(C)cc1. The van der Waals surface area contributed by atoms with Gasteiger partial charge in [-0.1, -0.05) is 41.4 Å². The maximum Gasteiger partial charge on any atom is 0.348 e. The molecule has 0 aromatic heterocycles. The molecule has 0 saturated carbocycles. The first kappa shape index (κ1) is 15.0. The molecule has 0 aliphatic carbocycles. The number of hydrogen-bond donors (Lipinski definition) is 0. The van der Waals surface area contributed by atoms with E-state index < -0.39 is 5.97 Å². The molecular weight excluding hydrogens is 262 g/mol. The van der Waals surface area contributed by atoms with Gasteiger partial charge in [-0.05, 0) is 31.6 Å². The summed E-state index contributed by atoms with van der Waals surface area (Å²) in [7, 11) is 0. The molecule has 1 rings (SSSR count). The summed E-state index contributed by atoms with van der Waals surface area (Å²) < 4.78 is 4.75. The Kier molecular flexibility index (Phi) is 5.84. The van der Waals surface area contributed by atoms with Crippen LogP contribution in [0.4, 0.5) is 0 Å². The van der Waals surface area contributed by atoms with Crippen LogP contribution in [0.1, 0.15) is 18.1 Å². The second kappa shape index (κ2) is 7.40. The van der Waals surface area contributed by atoms with Gasteiger partial charge in [0.05, 0.1) is 6.61 Å². The van der Waals surface area contributed by atoms with Crippen LogP contribution in [0, 0.1) is 18.3 Å². The highest BCUT2D eigenvalue weighted by molar-refractivity contribution is 6.48. The van der Waals surface area contributed by atoms with E-state index in [0.29, 0.717) is 5.03 Å². The van der Waals surface area contributed by atoms with Gasteiger partial charge in [-0.15, -0.1) is 0 Å². The minimum atomic E-state index is -0.644. The highest BCUT2D eigenvalue weighted by atomic mass is 35.5. The molecule has 1 aromatic carbocycles. The van der Waals surface area contributed by atoms with Crippen molar-refractivity contribution < 1.29 is 9.53 Å². The van der Waals surface area contributed by atoms with Crippen LogP contribution in [-0.4, -0.2) is 12.6 Å². The molecule has 0 unspecified atom stereocenters. The summed E-state index contributed by atoms with van der Waals surface area (Å²) in [5.41, 5.74) is 1.88. The molecule has 0 bridgehead atoms.